The van der Waals surface area contributed by atoms with Crippen molar-refractivity contribution in [2.75, 3.05) is 0 Å². The molecule has 1 N–H and O–H groups in total. The summed E-state index contributed by atoms with van der Waals surface area (Å²) in [5, 5.41) is 4.14. The van der Waals surface area contributed by atoms with E-state index in [2.05, 4.69) is 52.8 Å². The summed E-state index contributed by atoms with van der Waals surface area (Å²) in [6.45, 7) is 8.23. The molecule has 1 saturated carbocycles. The van der Waals surface area contributed by atoms with Crippen molar-refractivity contribution in [3.8, 4) is 16.8 Å². The summed E-state index contributed by atoms with van der Waals surface area (Å²) >= 11 is 0. The van der Waals surface area contributed by atoms with Crippen molar-refractivity contribution in [2.45, 2.75) is 46.5 Å². The molecule has 3 aromatic heterocycles. The lowest BCUT2D eigenvalue weighted by Gasteiger charge is -2.12. The Hall–Kier alpha value is -2.82. The van der Waals surface area contributed by atoms with E-state index in [-0.39, 0.29) is 0 Å². The molecule has 0 unspecified atom stereocenters. The van der Waals surface area contributed by atoms with Crippen molar-refractivity contribution in [3.05, 3.63) is 52.9 Å². The van der Waals surface area contributed by atoms with Crippen LogP contribution in [-0.4, -0.2) is 19.7 Å². The van der Waals surface area contributed by atoms with E-state index in [9.17, 15) is 0 Å². The number of nitrogens with one attached hydrogen (secondary N) is 1. The number of aromatic nitrogens is 4. The van der Waals surface area contributed by atoms with Gasteiger partial charge >= 0.3 is 0 Å². The van der Waals surface area contributed by atoms with Gasteiger partial charge in [0.1, 0.15) is 17.1 Å². The van der Waals surface area contributed by atoms with Gasteiger partial charge in [0.05, 0.1) is 16.9 Å². The highest BCUT2D eigenvalue weighted by molar-refractivity contribution is 5.90. The number of imidazole rings is 1. The Morgan fingerprint density at radius 1 is 1.08 bits per heavy atom. The standard InChI is InChI=1S/C21H22N4O/c1-11-5-6-12(2)25(11)18-10-16(19-13(3)24-26-14(19)4)9-17-20(18)23-21(22-17)15-7-8-15/h5-6,9-10,15H,7-8H2,1-4H3,(H,22,23). The van der Waals surface area contributed by atoms with E-state index in [1.807, 2.05) is 13.8 Å². The average Bonchev–Trinajstić information content (AvgIpc) is 3.17. The molecule has 26 heavy (non-hydrogen) atoms. The average molecular weight is 346 g/mol. The SMILES string of the molecule is Cc1noc(C)c1-c1cc(-n2c(C)ccc2C)c2nc(C3CC3)[nH]c2c1. The van der Waals surface area contributed by atoms with Crippen molar-refractivity contribution in [3.63, 3.8) is 0 Å². The normalized spacial score (nSPS) is 14.5. The zero-order valence-electron chi connectivity index (χ0n) is 15.6. The molecule has 0 saturated heterocycles. The fraction of sp³-hybridized carbons (Fsp3) is 0.333. The van der Waals surface area contributed by atoms with Crippen LogP contribution in [0.25, 0.3) is 27.8 Å². The minimum atomic E-state index is 0.588. The molecular formula is C21H22N4O. The van der Waals surface area contributed by atoms with Gasteiger partial charge in [0.15, 0.2) is 0 Å². The molecule has 0 radical (unpaired) electrons. The highest BCUT2D eigenvalue weighted by atomic mass is 16.5. The van der Waals surface area contributed by atoms with Crippen molar-refractivity contribution < 1.29 is 4.52 Å². The first-order valence-electron chi connectivity index (χ1n) is 9.15. The molecule has 0 bridgehead atoms. The Balaban J connectivity index is 1.83. The summed E-state index contributed by atoms with van der Waals surface area (Å²) < 4.78 is 7.69. The van der Waals surface area contributed by atoms with Gasteiger partial charge in [-0.15, -0.1) is 0 Å². The number of nitrogens with zero attached hydrogens (tertiary/aromatic N) is 3. The third-order valence-electron chi connectivity index (χ3n) is 5.38. The summed E-state index contributed by atoms with van der Waals surface area (Å²) in [7, 11) is 0. The molecule has 0 atom stereocenters. The van der Waals surface area contributed by atoms with Crippen LogP contribution in [-0.2, 0) is 0 Å². The summed E-state index contributed by atoms with van der Waals surface area (Å²) in [6, 6.07) is 8.70. The number of benzene rings is 1. The second-order valence-electron chi connectivity index (χ2n) is 7.44. The fourth-order valence-electron chi connectivity index (χ4n) is 3.93. The van der Waals surface area contributed by atoms with Gasteiger partial charge in [-0.1, -0.05) is 5.16 Å². The van der Waals surface area contributed by atoms with Crippen molar-refractivity contribution in [2.24, 2.45) is 0 Å². The van der Waals surface area contributed by atoms with E-state index in [0.717, 1.165) is 45.1 Å². The summed E-state index contributed by atoms with van der Waals surface area (Å²) in [4.78, 5) is 8.53. The van der Waals surface area contributed by atoms with E-state index < -0.39 is 0 Å². The van der Waals surface area contributed by atoms with E-state index in [1.165, 1.54) is 24.2 Å². The van der Waals surface area contributed by atoms with Gasteiger partial charge in [0.2, 0.25) is 0 Å². The van der Waals surface area contributed by atoms with Gasteiger partial charge in [-0.3, -0.25) is 0 Å². The minimum absolute atomic E-state index is 0.588. The molecule has 3 heterocycles. The predicted molar refractivity (Wildman–Crippen MR) is 102 cm³/mol. The Morgan fingerprint density at radius 3 is 2.42 bits per heavy atom. The lowest BCUT2D eigenvalue weighted by atomic mass is 10.0. The van der Waals surface area contributed by atoms with Gasteiger partial charge in [-0.2, -0.15) is 0 Å². The summed E-state index contributed by atoms with van der Waals surface area (Å²) in [5.41, 5.74) is 8.72. The van der Waals surface area contributed by atoms with Crippen LogP contribution in [0.3, 0.4) is 0 Å². The Morgan fingerprint density at radius 2 is 1.81 bits per heavy atom. The van der Waals surface area contributed by atoms with E-state index in [4.69, 9.17) is 9.51 Å². The van der Waals surface area contributed by atoms with Crippen LogP contribution in [0.1, 0.15) is 47.4 Å². The molecular weight excluding hydrogens is 324 g/mol. The molecule has 1 fully saturated rings. The lowest BCUT2D eigenvalue weighted by molar-refractivity contribution is 0.393. The highest BCUT2D eigenvalue weighted by Gasteiger charge is 2.28. The second-order valence-corrected chi connectivity index (χ2v) is 7.44. The third kappa shape index (κ3) is 2.23. The third-order valence-corrected chi connectivity index (χ3v) is 5.38. The van der Waals surface area contributed by atoms with E-state index >= 15 is 0 Å². The maximum Gasteiger partial charge on any atom is 0.141 e. The molecule has 1 aliphatic carbocycles. The van der Waals surface area contributed by atoms with Crippen molar-refractivity contribution in [1.82, 2.24) is 19.7 Å². The van der Waals surface area contributed by atoms with E-state index in [1.54, 1.807) is 0 Å². The van der Waals surface area contributed by atoms with Gasteiger partial charge in [-0.25, -0.2) is 4.98 Å². The van der Waals surface area contributed by atoms with Crippen LogP contribution in [0.15, 0.2) is 28.8 Å². The fourth-order valence-corrected chi connectivity index (χ4v) is 3.93. The number of aryl methyl sites for hydroxylation is 4. The van der Waals surface area contributed by atoms with E-state index in [0.29, 0.717) is 5.92 Å². The Kier molecular flexibility index (Phi) is 3.17. The molecule has 5 rings (SSSR count). The second kappa shape index (κ2) is 5.34. The van der Waals surface area contributed by atoms with Gasteiger partial charge < -0.3 is 14.1 Å². The first kappa shape index (κ1) is 15.4. The number of hydrogen-bond donors (Lipinski definition) is 1. The molecule has 4 aromatic rings. The van der Waals surface area contributed by atoms with Gasteiger partial charge in [0.25, 0.3) is 0 Å². The minimum Gasteiger partial charge on any atom is -0.361 e. The monoisotopic (exact) mass is 346 g/mol. The predicted octanol–water partition coefficient (Wildman–Crippen LogP) is 5.12. The zero-order valence-corrected chi connectivity index (χ0v) is 15.6. The number of aromatic amines is 1. The summed E-state index contributed by atoms with van der Waals surface area (Å²) in [5.74, 6) is 2.54. The van der Waals surface area contributed by atoms with Gasteiger partial charge in [-0.05, 0) is 70.4 Å². The van der Waals surface area contributed by atoms with Crippen LogP contribution >= 0.6 is 0 Å². The molecule has 5 heteroatoms. The Labute approximate surface area is 152 Å². The van der Waals surface area contributed by atoms with Crippen molar-refractivity contribution in [1.29, 1.82) is 0 Å². The van der Waals surface area contributed by atoms with Crippen LogP contribution in [0.2, 0.25) is 0 Å². The topological polar surface area (TPSA) is 59.6 Å². The quantitative estimate of drug-likeness (QED) is 0.560. The Bertz CT molecular complexity index is 1100. The van der Waals surface area contributed by atoms with Crippen molar-refractivity contribution >= 4 is 11.0 Å². The molecule has 1 aliphatic rings. The highest BCUT2D eigenvalue weighted by Crippen LogP contribution is 2.41. The maximum atomic E-state index is 5.41. The molecule has 5 nitrogen and oxygen atoms in total. The lowest BCUT2D eigenvalue weighted by Crippen LogP contribution is -2.00. The number of rotatable bonds is 3. The van der Waals surface area contributed by atoms with Crippen LogP contribution in [0.5, 0.6) is 0 Å². The molecule has 0 amide bonds. The molecule has 1 aromatic carbocycles. The zero-order chi connectivity index (χ0) is 18.0. The first-order chi connectivity index (χ1) is 12.5. The smallest absolute Gasteiger partial charge is 0.141 e. The number of hydrogen-bond acceptors (Lipinski definition) is 3. The number of H-pyrrole nitrogens is 1. The van der Waals surface area contributed by atoms with Gasteiger partial charge in [0, 0.05) is 22.9 Å². The number of fused-ring (bicyclic) bond motifs is 1. The first-order valence-corrected chi connectivity index (χ1v) is 9.15. The summed E-state index contributed by atoms with van der Waals surface area (Å²) in [6.07, 6.45) is 2.46. The van der Waals surface area contributed by atoms with Crippen LogP contribution in [0, 0.1) is 27.7 Å². The largest absolute Gasteiger partial charge is 0.361 e. The van der Waals surface area contributed by atoms with Crippen LogP contribution in [0.4, 0.5) is 0 Å². The maximum absolute atomic E-state index is 5.41. The van der Waals surface area contributed by atoms with Crippen LogP contribution < -0.4 is 0 Å². The molecule has 0 aliphatic heterocycles. The molecule has 0 spiro atoms. The molecule has 132 valence electrons.